The smallest absolute Gasteiger partial charge is 0.327 e. The molecule has 0 aliphatic rings. The zero-order valence-electron chi connectivity index (χ0n) is 16.0. The van der Waals surface area contributed by atoms with Gasteiger partial charge in [-0.05, 0) is 18.8 Å². The highest BCUT2D eigenvalue weighted by molar-refractivity contribution is 5.79. The number of rotatable bonds is 10. The summed E-state index contributed by atoms with van der Waals surface area (Å²) in [5.74, 6) is -2.94. The average Bonchev–Trinajstić information content (AvgIpc) is 2.69. The fourth-order valence-corrected chi connectivity index (χ4v) is 1.32. The Kier molecular flexibility index (Phi) is 26.6. The lowest BCUT2D eigenvalue weighted by Gasteiger charge is -2.34. The second-order valence-corrected chi connectivity index (χ2v) is 5.23. The largest absolute Gasteiger partial charge is 0.478 e. The monoisotopic (exact) mass is 408 g/mol. The Labute approximate surface area is 164 Å². The van der Waals surface area contributed by atoms with Crippen molar-refractivity contribution in [2.45, 2.75) is 19.8 Å². The van der Waals surface area contributed by atoms with Crippen LogP contribution in [0.1, 0.15) is 19.8 Å². The van der Waals surface area contributed by atoms with Crippen LogP contribution in [0.2, 0.25) is 0 Å². The molecule has 28 heavy (non-hydrogen) atoms. The van der Waals surface area contributed by atoms with Crippen molar-refractivity contribution in [3.8, 4) is 0 Å². The molecule has 10 nitrogen and oxygen atoms in total. The standard InChI is InChI=1S/C9H20O4.3C3H4O2/c1-8(3-2-4-10)9(5-11,6-12)7-13;3*1-2-3(4)5/h8,10-13H,2-7H2,1H3;3*2H,1H2,(H,4,5). The molecule has 0 amide bonds. The van der Waals surface area contributed by atoms with Crippen molar-refractivity contribution in [1.29, 1.82) is 0 Å². The molecule has 0 aromatic rings. The molecule has 0 aromatic heterocycles. The summed E-state index contributed by atoms with van der Waals surface area (Å²) in [7, 11) is 0. The number of aliphatic carboxylic acids is 3. The summed E-state index contributed by atoms with van der Waals surface area (Å²) in [4.78, 5) is 27.8. The van der Waals surface area contributed by atoms with Gasteiger partial charge in [-0.2, -0.15) is 0 Å². The molecule has 0 saturated heterocycles. The van der Waals surface area contributed by atoms with Gasteiger partial charge in [-0.25, -0.2) is 14.4 Å². The van der Waals surface area contributed by atoms with Crippen molar-refractivity contribution in [3.63, 3.8) is 0 Å². The van der Waals surface area contributed by atoms with Gasteiger partial charge in [0.05, 0.1) is 19.8 Å². The van der Waals surface area contributed by atoms with Gasteiger partial charge in [0, 0.05) is 30.2 Å². The Morgan fingerprint density at radius 2 is 1.04 bits per heavy atom. The van der Waals surface area contributed by atoms with Crippen molar-refractivity contribution >= 4 is 17.9 Å². The fourth-order valence-electron chi connectivity index (χ4n) is 1.32. The van der Waals surface area contributed by atoms with Gasteiger partial charge >= 0.3 is 17.9 Å². The topological polar surface area (TPSA) is 193 Å². The fraction of sp³-hybridized carbons (Fsp3) is 0.500. The van der Waals surface area contributed by atoms with Crippen molar-refractivity contribution in [1.82, 2.24) is 0 Å². The zero-order chi connectivity index (χ0) is 23.2. The predicted octanol–water partition coefficient (Wildman–Crippen LogP) is 0.129. The minimum absolute atomic E-state index is 0.000324. The number of aliphatic hydroxyl groups is 4. The van der Waals surface area contributed by atoms with Gasteiger partial charge in [-0.15, -0.1) is 0 Å². The summed E-state index contributed by atoms with van der Waals surface area (Å²) in [6.07, 6.45) is 3.82. The first-order valence-corrected chi connectivity index (χ1v) is 7.97. The Morgan fingerprint density at radius 1 is 0.786 bits per heavy atom. The molecule has 0 fully saturated rings. The maximum atomic E-state index is 9.25. The molecule has 1 unspecified atom stereocenters. The van der Waals surface area contributed by atoms with Crippen LogP contribution in [0.5, 0.6) is 0 Å². The average molecular weight is 408 g/mol. The van der Waals surface area contributed by atoms with Crippen molar-refractivity contribution in [2.24, 2.45) is 11.3 Å². The Balaban J connectivity index is -0.000000159. The summed E-state index contributed by atoms with van der Waals surface area (Å²) in [5.41, 5.74) is -0.810. The number of carboxylic acid groups (broad SMARTS) is 3. The van der Waals surface area contributed by atoms with Gasteiger partial charge in [-0.3, -0.25) is 0 Å². The van der Waals surface area contributed by atoms with Crippen LogP contribution in [-0.4, -0.2) is 80.1 Å². The van der Waals surface area contributed by atoms with Crippen LogP contribution in [0.4, 0.5) is 0 Å². The number of hydrogen-bond donors (Lipinski definition) is 7. The van der Waals surface area contributed by atoms with Gasteiger partial charge in [-0.1, -0.05) is 26.7 Å². The molecule has 0 aliphatic carbocycles. The van der Waals surface area contributed by atoms with E-state index in [1.54, 1.807) is 0 Å². The van der Waals surface area contributed by atoms with Crippen molar-refractivity contribution in [3.05, 3.63) is 38.0 Å². The van der Waals surface area contributed by atoms with E-state index in [0.29, 0.717) is 12.8 Å². The zero-order valence-corrected chi connectivity index (χ0v) is 16.0. The van der Waals surface area contributed by atoms with Crippen LogP contribution in [0.15, 0.2) is 38.0 Å². The van der Waals surface area contributed by atoms with E-state index in [1.165, 1.54) is 0 Å². The number of aliphatic hydroxyl groups excluding tert-OH is 4. The third-order valence-corrected chi connectivity index (χ3v) is 3.31. The summed E-state index contributed by atoms with van der Waals surface area (Å²) < 4.78 is 0. The third-order valence-electron chi connectivity index (χ3n) is 3.31. The highest BCUT2D eigenvalue weighted by Gasteiger charge is 2.34. The van der Waals surface area contributed by atoms with E-state index in [0.717, 1.165) is 18.2 Å². The van der Waals surface area contributed by atoms with Gasteiger partial charge < -0.3 is 35.7 Å². The first-order chi connectivity index (χ1) is 13.0. The van der Waals surface area contributed by atoms with Crippen molar-refractivity contribution in [2.75, 3.05) is 26.4 Å². The van der Waals surface area contributed by atoms with Crippen LogP contribution in [0.25, 0.3) is 0 Å². The minimum atomic E-state index is -0.981. The van der Waals surface area contributed by atoms with E-state index in [4.69, 9.17) is 35.7 Å². The first-order valence-electron chi connectivity index (χ1n) is 7.97. The molecule has 1 atom stereocenters. The Hall–Kier alpha value is -2.53. The molecule has 0 bridgehead atoms. The molecule has 0 rings (SSSR count). The SMILES string of the molecule is C=CC(=O)O.C=CC(=O)O.C=CC(=O)O.CC(CCCO)C(CO)(CO)CO. The molecule has 0 aromatic carbocycles. The van der Waals surface area contributed by atoms with E-state index in [1.807, 2.05) is 6.92 Å². The van der Waals surface area contributed by atoms with E-state index in [2.05, 4.69) is 19.7 Å². The van der Waals surface area contributed by atoms with Crippen LogP contribution < -0.4 is 0 Å². The van der Waals surface area contributed by atoms with Crippen LogP contribution in [-0.2, 0) is 14.4 Å². The molecule has 0 aliphatic heterocycles. The molecule has 0 spiro atoms. The number of carboxylic acids is 3. The molecule has 0 heterocycles. The predicted molar refractivity (Wildman–Crippen MR) is 103 cm³/mol. The summed E-state index contributed by atoms with van der Waals surface area (Å²) in [5, 5.41) is 58.6. The molecular formula is C18H32O10. The van der Waals surface area contributed by atoms with E-state index in [9.17, 15) is 14.4 Å². The van der Waals surface area contributed by atoms with Gasteiger partial charge in [0.15, 0.2) is 0 Å². The molecule has 7 N–H and O–H groups in total. The van der Waals surface area contributed by atoms with Crippen LogP contribution >= 0.6 is 0 Å². The second kappa shape index (κ2) is 22.5. The maximum Gasteiger partial charge on any atom is 0.327 e. The number of carbonyl (C=O) groups is 3. The van der Waals surface area contributed by atoms with Gasteiger partial charge in [0.25, 0.3) is 0 Å². The molecular weight excluding hydrogens is 376 g/mol. The lowest BCUT2D eigenvalue weighted by Crippen LogP contribution is -2.40. The Morgan fingerprint density at radius 3 is 1.18 bits per heavy atom. The molecule has 0 radical (unpaired) electrons. The van der Waals surface area contributed by atoms with Gasteiger partial charge in [0.1, 0.15) is 0 Å². The quantitative estimate of drug-likeness (QED) is 0.244. The third kappa shape index (κ3) is 23.5. The van der Waals surface area contributed by atoms with Crippen LogP contribution in [0, 0.1) is 11.3 Å². The second-order valence-electron chi connectivity index (χ2n) is 5.23. The molecule has 10 heteroatoms. The lowest BCUT2D eigenvalue weighted by molar-refractivity contribution is -0.132. The maximum absolute atomic E-state index is 9.25. The van der Waals surface area contributed by atoms with Gasteiger partial charge in [0.2, 0.25) is 0 Å². The minimum Gasteiger partial charge on any atom is -0.478 e. The molecule has 164 valence electrons. The summed E-state index contributed by atoms with van der Waals surface area (Å²) >= 11 is 0. The lowest BCUT2D eigenvalue weighted by atomic mass is 9.76. The Bertz CT molecular complexity index is 404. The highest BCUT2D eigenvalue weighted by atomic mass is 16.4. The van der Waals surface area contributed by atoms with E-state index >= 15 is 0 Å². The normalized spacial score (nSPS) is 10.2. The summed E-state index contributed by atoms with van der Waals surface area (Å²) in [6, 6.07) is 0. The van der Waals surface area contributed by atoms with E-state index < -0.39 is 23.3 Å². The highest BCUT2D eigenvalue weighted by Crippen LogP contribution is 2.29. The summed E-state index contributed by atoms with van der Waals surface area (Å²) in [6.45, 7) is 10.2. The van der Waals surface area contributed by atoms with Crippen LogP contribution in [0.3, 0.4) is 0 Å². The molecule has 0 saturated carbocycles. The van der Waals surface area contributed by atoms with Crippen molar-refractivity contribution < 1.29 is 50.1 Å². The van der Waals surface area contributed by atoms with E-state index in [-0.39, 0.29) is 32.3 Å². The first kappa shape index (κ1) is 33.1. The number of hydrogen-bond acceptors (Lipinski definition) is 7.